The van der Waals surface area contributed by atoms with Gasteiger partial charge in [-0.2, -0.15) is 0 Å². The van der Waals surface area contributed by atoms with Crippen LogP contribution in [0.4, 0.5) is 14.5 Å². The van der Waals surface area contributed by atoms with E-state index >= 15 is 0 Å². The van der Waals surface area contributed by atoms with Gasteiger partial charge >= 0.3 is 0 Å². The fraction of sp³-hybridized carbons (Fsp3) is 0.450. The normalized spacial score (nSPS) is 22.3. The lowest BCUT2D eigenvalue weighted by Gasteiger charge is -2.30. The molecule has 2 heterocycles. The lowest BCUT2D eigenvalue weighted by molar-refractivity contribution is 0.101. The molecule has 1 aromatic heterocycles. The number of halogens is 2. The highest BCUT2D eigenvalue weighted by atomic mass is 32.2. The average Bonchev–Trinajstić information content (AvgIpc) is 2.95. The Hall–Kier alpha value is -2.26. The van der Waals surface area contributed by atoms with Crippen molar-refractivity contribution in [3.63, 3.8) is 0 Å². The molecule has 0 saturated carbocycles. The molecule has 0 bridgehead atoms. The minimum atomic E-state index is -2.87. The second-order valence-electron chi connectivity index (χ2n) is 7.59. The van der Waals surface area contributed by atoms with Crippen LogP contribution in [0.5, 0.6) is 0 Å². The van der Waals surface area contributed by atoms with Gasteiger partial charge in [-0.1, -0.05) is 13.8 Å². The Labute approximate surface area is 170 Å². The molecule has 1 aromatic carbocycles. The van der Waals surface area contributed by atoms with Crippen LogP contribution in [0.15, 0.2) is 33.7 Å². The van der Waals surface area contributed by atoms with Gasteiger partial charge in [-0.3, -0.25) is 4.79 Å². The number of fused-ring (bicyclic) bond motifs is 1. The molecule has 158 valence electrons. The number of anilines is 1. The summed E-state index contributed by atoms with van der Waals surface area (Å²) in [5, 5.41) is 2.61. The van der Waals surface area contributed by atoms with Crippen molar-refractivity contribution in [2.24, 2.45) is 17.3 Å². The first-order chi connectivity index (χ1) is 13.6. The Morgan fingerprint density at radius 1 is 1.28 bits per heavy atom. The maximum atomic E-state index is 13.8. The van der Waals surface area contributed by atoms with E-state index in [1.54, 1.807) is 17.8 Å². The first kappa shape index (κ1) is 21.4. The van der Waals surface area contributed by atoms with E-state index in [1.807, 2.05) is 11.4 Å². The van der Waals surface area contributed by atoms with E-state index in [2.05, 4.69) is 23.5 Å². The van der Waals surface area contributed by atoms with Crippen molar-refractivity contribution in [1.82, 2.24) is 8.87 Å². The SMILES string of the molecule is CN=S1(=O)c2cn(C)c(C(=O)Nc3ccc(F)c(F)c3)c2CCC(C(C)C)N1C. The lowest BCUT2D eigenvalue weighted by Crippen LogP contribution is -2.39. The van der Waals surface area contributed by atoms with Crippen LogP contribution >= 0.6 is 0 Å². The van der Waals surface area contributed by atoms with Crippen molar-refractivity contribution < 1.29 is 17.8 Å². The van der Waals surface area contributed by atoms with Crippen molar-refractivity contribution in [1.29, 1.82) is 0 Å². The molecule has 0 aliphatic carbocycles. The molecular formula is C20H26F2N4O2S. The fourth-order valence-electron chi connectivity index (χ4n) is 3.97. The van der Waals surface area contributed by atoms with Crippen LogP contribution < -0.4 is 5.32 Å². The number of aromatic nitrogens is 1. The number of hydrogen-bond donors (Lipinski definition) is 1. The molecule has 1 aliphatic rings. The first-order valence-electron chi connectivity index (χ1n) is 9.43. The second kappa shape index (κ2) is 7.87. The summed E-state index contributed by atoms with van der Waals surface area (Å²) in [5.74, 6) is -2.23. The predicted octanol–water partition coefficient (Wildman–Crippen LogP) is 3.83. The van der Waals surface area contributed by atoms with Crippen LogP contribution in [0.3, 0.4) is 0 Å². The molecular weight excluding hydrogens is 398 g/mol. The predicted molar refractivity (Wildman–Crippen MR) is 109 cm³/mol. The molecule has 0 fully saturated rings. The van der Waals surface area contributed by atoms with E-state index in [0.29, 0.717) is 22.6 Å². The van der Waals surface area contributed by atoms with Crippen LogP contribution in [0.25, 0.3) is 0 Å². The van der Waals surface area contributed by atoms with E-state index in [4.69, 9.17) is 0 Å². The fourth-order valence-corrected chi connectivity index (χ4v) is 6.27. The molecule has 1 aliphatic heterocycles. The van der Waals surface area contributed by atoms with Crippen LogP contribution in [0.1, 0.15) is 36.3 Å². The molecule has 1 N–H and O–H groups in total. The molecule has 0 saturated heterocycles. The summed E-state index contributed by atoms with van der Waals surface area (Å²) < 4.78 is 48.2. The van der Waals surface area contributed by atoms with Gasteiger partial charge in [-0.25, -0.2) is 21.7 Å². The number of aryl methyl sites for hydroxylation is 1. The van der Waals surface area contributed by atoms with Crippen LogP contribution in [-0.2, 0) is 23.4 Å². The van der Waals surface area contributed by atoms with E-state index in [1.165, 1.54) is 13.1 Å². The van der Waals surface area contributed by atoms with Gasteiger partial charge in [0.05, 0.1) is 4.90 Å². The summed E-state index contributed by atoms with van der Waals surface area (Å²) in [6.07, 6.45) is 2.98. The number of benzene rings is 1. The highest BCUT2D eigenvalue weighted by Crippen LogP contribution is 2.35. The number of amides is 1. The second-order valence-corrected chi connectivity index (χ2v) is 9.96. The zero-order chi connectivity index (χ0) is 21.5. The maximum absolute atomic E-state index is 13.8. The van der Waals surface area contributed by atoms with Crippen molar-refractivity contribution in [2.45, 2.75) is 37.6 Å². The van der Waals surface area contributed by atoms with Gasteiger partial charge in [0, 0.05) is 50.7 Å². The number of carbonyl (C=O) groups excluding carboxylic acids is 1. The van der Waals surface area contributed by atoms with Gasteiger partial charge in [0.25, 0.3) is 5.91 Å². The van der Waals surface area contributed by atoms with Crippen LogP contribution in [-0.4, -0.2) is 39.1 Å². The van der Waals surface area contributed by atoms with E-state index in [-0.39, 0.29) is 17.6 Å². The minimum Gasteiger partial charge on any atom is -0.345 e. The smallest absolute Gasteiger partial charge is 0.272 e. The zero-order valence-corrected chi connectivity index (χ0v) is 18.0. The Balaban J connectivity index is 2.06. The average molecular weight is 425 g/mol. The molecule has 1 amide bonds. The summed E-state index contributed by atoms with van der Waals surface area (Å²) in [7, 11) is 2.17. The number of hydrogen-bond acceptors (Lipinski definition) is 3. The van der Waals surface area contributed by atoms with Crippen molar-refractivity contribution in [3.05, 3.63) is 47.3 Å². The molecule has 0 radical (unpaired) electrons. The molecule has 29 heavy (non-hydrogen) atoms. The summed E-state index contributed by atoms with van der Waals surface area (Å²) in [5.41, 5.74) is 1.17. The van der Waals surface area contributed by atoms with Gasteiger partial charge in [0.2, 0.25) is 0 Å². The van der Waals surface area contributed by atoms with Crippen molar-refractivity contribution >= 4 is 21.5 Å². The van der Waals surface area contributed by atoms with Gasteiger partial charge in [-0.05, 0) is 30.9 Å². The summed E-state index contributed by atoms with van der Waals surface area (Å²) >= 11 is 0. The summed E-state index contributed by atoms with van der Waals surface area (Å²) in [6, 6.07) is 3.24. The van der Waals surface area contributed by atoms with E-state index < -0.39 is 27.5 Å². The third-order valence-electron chi connectivity index (χ3n) is 5.49. The number of nitrogens with one attached hydrogen (secondary N) is 1. The Bertz CT molecular complexity index is 1070. The number of nitrogens with zero attached hydrogens (tertiary/aromatic N) is 3. The highest BCUT2D eigenvalue weighted by molar-refractivity contribution is 7.91. The summed E-state index contributed by atoms with van der Waals surface area (Å²) in [4.78, 5) is 13.5. The lowest BCUT2D eigenvalue weighted by atomic mass is 9.97. The Morgan fingerprint density at radius 2 is 1.97 bits per heavy atom. The van der Waals surface area contributed by atoms with Crippen LogP contribution in [0.2, 0.25) is 0 Å². The molecule has 2 unspecified atom stereocenters. The highest BCUT2D eigenvalue weighted by Gasteiger charge is 2.36. The Morgan fingerprint density at radius 3 is 2.55 bits per heavy atom. The minimum absolute atomic E-state index is 0.0472. The number of rotatable bonds is 3. The third kappa shape index (κ3) is 3.69. The van der Waals surface area contributed by atoms with Gasteiger partial charge in [-0.15, -0.1) is 0 Å². The van der Waals surface area contributed by atoms with Gasteiger partial charge in [0.1, 0.15) is 15.6 Å². The largest absolute Gasteiger partial charge is 0.345 e. The van der Waals surface area contributed by atoms with E-state index in [9.17, 15) is 17.8 Å². The molecule has 6 nitrogen and oxygen atoms in total. The molecule has 2 atom stereocenters. The molecule has 2 aromatic rings. The first-order valence-corrected chi connectivity index (χ1v) is 10.9. The molecule has 3 rings (SSSR count). The third-order valence-corrected chi connectivity index (χ3v) is 7.96. The summed E-state index contributed by atoms with van der Waals surface area (Å²) in [6.45, 7) is 4.15. The molecule has 9 heteroatoms. The van der Waals surface area contributed by atoms with Crippen LogP contribution in [0, 0.1) is 17.6 Å². The standard InChI is InChI=1S/C20H26F2N4O2S/c1-12(2)17-9-7-14-18(29(28,23-3)26(17)5)11-25(4)19(14)20(27)24-13-6-8-15(21)16(22)10-13/h6,8,10-12,17H,7,9H2,1-5H3,(H,24,27). The quantitative estimate of drug-likeness (QED) is 0.814. The Kier molecular flexibility index (Phi) is 5.82. The maximum Gasteiger partial charge on any atom is 0.272 e. The molecule has 0 spiro atoms. The van der Waals surface area contributed by atoms with Crippen molar-refractivity contribution in [3.8, 4) is 0 Å². The van der Waals surface area contributed by atoms with Crippen molar-refractivity contribution in [2.75, 3.05) is 19.4 Å². The topological polar surface area (TPSA) is 66.7 Å². The van der Waals surface area contributed by atoms with E-state index in [0.717, 1.165) is 18.6 Å². The number of carbonyl (C=O) groups is 1. The monoisotopic (exact) mass is 424 g/mol. The van der Waals surface area contributed by atoms with Gasteiger partial charge in [0.15, 0.2) is 11.6 Å². The zero-order valence-electron chi connectivity index (χ0n) is 17.2. The van der Waals surface area contributed by atoms with Gasteiger partial charge < -0.3 is 9.88 Å².